The molecule has 0 aliphatic heterocycles. The third-order valence-electron chi connectivity index (χ3n) is 13.3. The number of benzene rings is 5. The fourth-order valence-corrected chi connectivity index (χ4v) is 9.84. The quantitative estimate of drug-likeness (QED) is 0.115. The maximum atomic E-state index is 13.8. The average Bonchev–Trinajstić information content (AvgIpc) is 3.87. The first kappa shape index (κ1) is 51.5. The molecule has 0 saturated heterocycles. The van der Waals surface area contributed by atoms with Crippen LogP contribution in [0.2, 0.25) is 0 Å². The summed E-state index contributed by atoms with van der Waals surface area (Å²) in [6.07, 6.45) is 9.80. The number of ketones is 2. The maximum Gasteiger partial charge on any atom is 0.160 e. The van der Waals surface area contributed by atoms with Crippen LogP contribution in [-0.2, 0) is 15.6 Å². The zero-order chi connectivity index (χ0) is 48.7. The Bertz CT molecular complexity index is 2520. The van der Waals surface area contributed by atoms with Gasteiger partial charge in [-0.05, 0) is 125 Å². The Balaban J connectivity index is 0.000000166. The van der Waals surface area contributed by atoms with Gasteiger partial charge in [-0.1, -0.05) is 144 Å². The molecule has 348 valence electrons. The number of hydrogen-bond acceptors (Lipinski definition) is 4. The summed E-state index contributed by atoms with van der Waals surface area (Å²) in [7, 11) is 3.89. The van der Waals surface area contributed by atoms with E-state index in [1.54, 1.807) is 13.0 Å². The van der Waals surface area contributed by atoms with Crippen molar-refractivity contribution in [2.24, 2.45) is 0 Å². The number of nitrogens with zero attached hydrogens (tertiary/aromatic N) is 2. The minimum Gasteiger partial charge on any atom is -0.300 e. The van der Waals surface area contributed by atoms with Gasteiger partial charge in [-0.15, -0.1) is 12.8 Å². The summed E-state index contributed by atoms with van der Waals surface area (Å²) in [5.74, 6) is 5.75. The molecule has 3 aliphatic carbocycles. The van der Waals surface area contributed by atoms with E-state index in [1.165, 1.54) is 29.2 Å². The molecule has 0 heterocycles. The second kappa shape index (κ2) is 21.9. The summed E-state index contributed by atoms with van der Waals surface area (Å²) in [6.45, 7) is 19.7. The molecule has 5 aromatic carbocycles. The highest BCUT2D eigenvalue weighted by atomic mass is 19.1. The Kier molecular flexibility index (Phi) is 17.1. The van der Waals surface area contributed by atoms with Crippen LogP contribution in [0.25, 0.3) is 10.8 Å². The van der Waals surface area contributed by atoms with Gasteiger partial charge in [-0.25, -0.2) is 13.2 Å². The maximum absolute atomic E-state index is 13.8. The normalized spacial score (nSPS) is 20.2. The highest BCUT2D eigenvalue weighted by Crippen LogP contribution is 2.49. The Morgan fingerprint density at radius 1 is 0.758 bits per heavy atom. The first-order valence-corrected chi connectivity index (χ1v) is 23.1. The monoisotopic (exact) mass is 895 g/mol. The lowest BCUT2D eigenvalue weighted by Gasteiger charge is -2.25. The summed E-state index contributed by atoms with van der Waals surface area (Å²) in [5.41, 5.74) is 10.8. The molecule has 7 heteroatoms. The first-order chi connectivity index (χ1) is 31.1. The third kappa shape index (κ3) is 12.3. The number of alkyl halides is 3. The Morgan fingerprint density at radius 2 is 1.24 bits per heavy atom. The second-order valence-corrected chi connectivity index (χ2v) is 20.2. The third-order valence-corrected chi connectivity index (χ3v) is 13.3. The largest absolute Gasteiger partial charge is 0.300 e. The van der Waals surface area contributed by atoms with Gasteiger partial charge in [0.15, 0.2) is 5.78 Å². The second-order valence-electron chi connectivity index (χ2n) is 20.2. The number of rotatable bonds is 8. The predicted octanol–water partition coefficient (Wildman–Crippen LogP) is 14.5. The molecule has 2 unspecified atom stereocenters. The van der Waals surface area contributed by atoms with E-state index < -0.39 is 18.5 Å². The highest BCUT2D eigenvalue weighted by molar-refractivity contribution is 5.97. The van der Waals surface area contributed by atoms with E-state index in [1.807, 2.05) is 104 Å². The Morgan fingerprint density at radius 3 is 1.71 bits per heavy atom. The molecule has 0 bridgehead atoms. The Labute approximate surface area is 393 Å². The van der Waals surface area contributed by atoms with Crippen LogP contribution in [0.1, 0.15) is 178 Å². The van der Waals surface area contributed by atoms with E-state index in [4.69, 9.17) is 12.8 Å². The molecule has 6 atom stereocenters. The molecule has 0 amide bonds. The molecular formula is C59H69F3N2O2. The molecule has 0 radical (unpaired) electrons. The van der Waals surface area contributed by atoms with Crippen molar-refractivity contribution in [2.75, 3.05) is 27.2 Å². The molecule has 0 saturated carbocycles. The van der Waals surface area contributed by atoms with Gasteiger partial charge in [0.2, 0.25) is 0 Å². The number of carbonyl (C=O) groups excluding carboxylic acids is 2. The number of hydrogen-bond donors (Lipinski definition) is 0. The van der Waals surface area contributed by atoms with Crippen LogP contribution in [0.3, 0.4) is 0 Å². The standard InChI is InChI=1S/C18H26O.C15H15FO.2C13H14FN/c1-11-10-18(6,7)15-9-13(17(3,4)5)8-14(12(2)19)16(11)15;1-10-3-4-13-9-14(6-5-12(13)7-10)15(16)8-11(2)17;2*1-3-8-15(2)13-9-12(14)10-6-4-5-7-11(10)13/h8-9,11H,10H2,1-7H3;3-7,9,15H,8H2,1-2H3;2*1,4-7,12-13H,8-9H2,2H3/t;;12-,13+;12-,13-/m..01/s1. The van der Waals surface area contributed by atoms with Crippen molar-refractivity contribution >= 4 is 22.3 Å². The molecule has 3 aliphatic rings. The fraction of sp³-hybridized carbons (Fsp3) is 0.424. The topological polar surface area (TPSA) is 40.6 Å². The lowest BCUT2D eigenvalue weighted by atomic mass is 9.79. The first-order valence-electron chi connectivity index (χ1n) is 23.1. The molecule has 0 fully saturated rings. The number of carbonyl (C=O) groups is 2. The van der Waals surface area contributed by atoms with Gasteiger partial charge in [-0.3, -0.25) is 19.4 Å². The van der Waals surface area contributed by atoms with Crippen molar-refractivity contribution in [3.05, 3.63) is 153 Å². The van der Waals surface area contributed by atoms with Crippen molar-refractivity contribution in [3.63, 3.8) is 0 Å². The number of aryl methyl sites for hydroxylation is 1. The molecule has 0 aromatic heterocycles. The molecule has 8 rings (SSSR count). The summed E-state index contributed by atoms with van der Waals surface area (Å²) in [6, 6.07) is 31.7. The zero-order valence-corrected chi connectivity index (χ0v) is 40.9. The van der Waals surface area contributed by atoms with E-state index in [-0.39, 0.29) is 40.9 Å². The fourth-order valence-electron chi connectivity index (χ4n) is 9.84. The molecular weight excluding hydrogens is 826 g/mol. The zero-order valence-electron chi connectivity index (χ0n) is 40.9. The van der Waals surface area contributed by atoms with Gasteiger partial charge in [-0.2, -0.15) is 0 Å². The lowest BCUT2D eigenvalue weighted by molar-refractivity contribution is -0.118. The van der Waals surface area contributed by atoms with Crippen LogP contribution in [0.5, 0.6) is 0 Å². The molecule has 0 N–H and O–H groups in total. The van der Waals surface area contributed by atoms with Crippen molar-refractivity contribution in [1.29, 1.82) is 0 Å². The van der Waals surface area contributed by atoms with Gasteiger partial charge in [0, 0.05) is 36.9 Å². The van der Waals surface area contributed by atoms with E-state index in [9.17, 15) is 22.8 Å². The summed E-state index contributed by atoms with van der Waals surface area (Å²) >= 11 is 0. The smallest absolute Gasteiger partial charge is 0.160 e. The van der Waals surface area contributed by atoms with Crippen LogP contribution in [0.15, 0.2) is 97.1 Å². The predicted molar refractivity (Wildman–Crippen MR) is 267 cm³/mol. The van der Waals surface area contributed by atoms with Crippen LogP contribution < -0.4 is 0 Å². The molecule has 4 nitrogen and oxygen atoms in total. The van der Waals surface area contributed by atoms with Gasteiger partial charge < -0.3 is 0 Å². The van der Waals surface area contributed by atoms with Crippen molar-refractivity contribution in [3.8, 4) is 24.7 Å². The number of halogens is 3. The van der Waals surface area contributed by atoms with Gasteiger partial charge in [0.25, 0.3) is 0 Å². The van der Waals surface area contributed by atoms with E-state index in [2.05, 4.69) is 71.6 Å². The van der Waals surface area contributed by atoms with Crippen LogP contribution in [-0.4, -0.2) is 48.6 Å². The van der Waals surface area contributed by atoms with Crippen molar-refractivity contribution in [1.82, 2.24) is 9.80 Å². The summed E-state index contributed by atoms with van der Waals surface area (Å²) < 4.78 is 41.1. The van der Waals surface area contributed by atoms with Crippen molar-refractivity contribution in [2.45, 2.75) is 135 Å². The minimum absolute atomic E-state index is 0.0443. The van der Waals surface area contributed by atoms with Gasteiger partial charge in [0.05, 0.1) is 13.1 Å². The molecule has 0 spiro atoms. The lowest BCUT2D eigenvalue weighted by Crippen LogP contribution is -2.23. The van der Waals surface area contributed by atoms with E-state index >= 15 is 0 Å². The number of fused-ring (bicyclic) bond motifs is 4. The minimum atomic E-state index is -1.20. The Hall–Kier alpha value is -5.47. The van der Waals surface area contributed by atoms with Crippen LogP contribution >= 0.6 is 0 Å². The van der Waals surface area contributed by atoms with E-state index in [0.29, 0.717) is 37.4 Å². The van der Waals surface area contributed by atoms with E-state index in [0.717, 1.165) is 45.0 Å². The average molecular weight is 895 g/mol. The molecule has 66 heavy (non-hydrogen) atoms. The molecule has 5 aromatic rings. The van der Waals surface area contributed by atoms with Crippen LogP contribution in [0.4, 0.5) is 13.2 Å². The van der Waals surface area contributed by atoms with Crippen molar-refractivity contribution < 1.29 is 22.8 Å². The summed E-state index contributed by atoms with van der Waals surface area (Å²) in [5, 5.41) is 2.11. The van der Waals surface area contributed by atoms with Gasteiger partial charge in [0.1, 0.15) is 24.3 Å². The number of terminal acetylenes is 2. The highest BCUT2D eigenvalue weighted by Gasteiger charge is 2.38. The SMILES string of the molecule is C#CCN(C)[C@@H]1C[C@@H](F)c2ccccc21.C#CCN(C)[C@@H]1C[C@H](F)c2ccccc21.CC(=O)CC(F)c1ccc2cc(C)ccc2c1.CC(=O)c1cc(C(C)(C)C)cc2c1C(C)CC2(C)C. The number of Topliss-reactive ketones (excluding diaryl/α,β-unsaturated/α-hetero) is 2. The summed E-state index contributed by atoms with van der Waals surface area (Å²) in [4.78, 5) is 27.0. The van der Waals surface area contributed by atoms with Gasteiger partial charge >= 0.3 is 0 Å². The van der Waals surface area contributed by atoms with Crippen LogP contribution in [0, 0.1) is 31.6 Å².